The lowest BCUT2D eigenvalue weighted by Gasteiger charge is -2.28. The molecule has 9 rings (SSSR count). The first-order valence-electron chi connectivity index (χ1n) is 24.1. The Morgan fingerprint density at radius 1 is 0.486 bits per heavy atom. The molecule has 8 N–H and O–H groups in total. The SMILES string of the molecule is CCO[Si](CCCNC(=O)Nc1ccc(C2=c3ccc([nH]3)=C(c3ccc(S(=O)(=O)O)cc3)c3ccc([nH]3)C(c3ccc(C)cc3)=c3ccc([nH]3)=C(c3ccc(S(=O)(=O)O)cc3)c3ccc2[nH]3)cc1)(OCC)OCC. The summed E-state index contributed by atoms with van der Waals surface area (Å²) in [5.74, 6) is 0. The molecule has 0 saturated heterocycles. The molecule has 0 spiro atoms. The van der Waals surface area contributed by atoms with E-state index in [9.17, 15) is 30.7 Å². The molecule has 0 radical (unpaired) electrons. The first-order chi connectivity index (χ1) is 35.6. The Morgan fingerprint density at radius 2 is 0.824 bits per heavy atom. The number of amides is 2. The number of hydrogen-bond acceptors (Lipinski definition) is 8. The van der Waals surface area contributed by atoms with Gasteiger partial charge in [-0.15, -0.1) is 0 Å². The highest BCUT2D eigenvalue weighted by molar-refractivity contribution is 7.86. The zero-order valence-corrected chi connectivity index (χ0v) is 43.7. The fourth-order valence-electron chi connectivity index (χ4n) is 9.28. The summed E-state index contributed by atoms with van der Waals surface area (Å²) in [6.07, 6.45) is 0.597. The maximum Gasteiger partial charge on any atom is 0.500 e. The van der Waals surface area contributed by atoms with Crippen LogP contribution in [0.2, 0.25) is 6.04 Å². The van der Waals surface area contributed by atoms with Crippen LogP contribution >= 0.6 is 0 Å². The van der Waals surface area contributed by atoms with Gasteiger partial charge < -0.3 is 43.8 Å². The summed E-state index contributed by atoms with van der Waals surface area (Å²) in [7, 11) is -11.8. The third-order valence-corrected chi connectivity index (χ3v) is 17.5. The van der Waals surface area contributed by atoms with Crippen LogP contribution in [-0.2, 0) is 33.5 Å². The number of aromatic nitrogens is 4. The molecule has 1 aliphatic rings. The molecule has 0 atom stereocenters. The van der Waals surface area contributed by atoms with Gasteiger partial charge in [-0.2, -0.15) is 16.8 Å². The zero-order chi connectivity index (χ0) is 52.2. The number of benzene rings is 4. The summed E-state index contributed by atoms with van der Waals surface area (Å²) in [6.45, 7) is 9.52. The van der Waals surface area contributed by atoms with Crippen LogP contribution in [0.15, 0.2) is 155 Å². The lowest BCUT2D eigenvalue weighted by Crippen LogP contribution is -2.46. The molecule has 0 unspecified atom stereocenters. The molecule has 0 aliphatic carbocycles. The van der Waals surface area contributed by atoms with Crippen molar-refractivity contribution in [3.8, 4) is 0 Å². The largest absolute Gasteiger partial charge is 0.500 e. The fraction of sp³-hybridized carbons (Fsp3) is 0.182. The predicted molar refractivity (Wildman–Crippen MR) is 285 cm³/mol. The second-order valence-corrected chi connectivity index (χ2v) is 23.1. The van der Waals surface area contributed by atoms with E-state index in [-0.39, 0.29) is 15.8 Å². The average molecular weight is 1050 g/mol. The quantitative estimate of drug-likeness (QED) is 0.0274. The Kier molecular flexibility index (Phi) is 15.1. The van der Waals surface area contributed by atoms with Crippen molar-refractivity contribution in [1.82, 2.24) is 25.3 Å². The maximum atomic E-state index is 13.2. The predicted octanol–water partition coefficient (Wildman–Crippen LogP) is 6.66. The van der Waals surface area contributed by atoms with E-state index < -0.39 is 29.0 Å². The van der Waals surface area contributed by atoms with Crippen molar-refractivity contribution in [2.45, 2.75) is 50.0 Å². The van der Waals surface area contributed by atoms with Gasteiger partial charge in [-0.1, -0.05) is 66.2 Å². The smallest absolute Gasteiger partial charge is 0.374 e. The minimum atomic E-state index is -4.47. The van der Waals surface area contributed by atoms with Gasteiger partial charge in [-0.25, -0.2) is 4.79 Å². The van der Waals surface area contributed by atoms with Gasteiger partial charge in [-0.3, -0.25) is 9.11 Å². The molecular weight excluding hydrogens is 997 g/mol. The highest BCUT2D eigenvalue weighted by Gasteiger charge is 2.39. The number of aryl methyl sites for hydroxylation is 1. The minimum Gasteiger partial charge on any atom is -0.374 e. The second kappa shape index (κ2) is 21.6. The van der Waals surface area contributed by atoms with Crippen molar-refractivity contribution >= 4 is 63.1 Å². The third-order valence-electron chi connectivity index (χ3n) is 12.6. The molecule has 8 bridgehead atoms. The highest BCUT2D eigenvalue weighted by Crippen LogP contribution is 2.30. The number of anilines is 1. The molecule has 0 fully saturated rings. The number of urea groups is 1. The van der Waals surface area contributed by atoms with Crippen LogP contribution in [0.25, 0.3) is 22.3 Å². The van der Waals surface area contributed by atoms with E-state index in [1.807, 2.05) is 113 Å². The van der Waals surface area contributed by atoms with Crippen molar-refractivity contribution < 1.29 is 44.0 Å². The number of hydrogen-bond donors (Lipinski definition) is 8. The number of carbonyl (C=O) groups is 1. The van der Waals surface area contributed by atoms with Gasteiger partial charge in [-0.05, 0) is 141 Å². The molecule has 16 nitrogen and oxygen atoms in total. The molecule has 74 heavy (non-hydrogen) atoms. The Labute approximate surface area is 429 Å². The monoisotopic (exact) mass is 1050 g/mol. The average Bonchev–Trinajstić information content (AvgIpc) is 4.23. The number of nitrogens with one attached hydrogen (secondary N) is 6. The van der Waals surface area contributed by atoms with E-state index in [1.165, 1.54) is 24.3 Å². The van der Waals surface area contributed by atoms with Gasteiger partial charge in [0.15, 0.2) is 0 Å². The molecule has 2 amide bonds. The summed E-state index contributed by atoms with van der Waals surface area (Å²) in [5, 5.41) is 8.74. The van der Waals surface area contributed by atoms with Crippen molar-refractivity contribution in [3.05, 3.63) is 218 Å². The topological polar surface area (TPSA) is 241 Å². The number of carbonyl (C=O) groups excluding carboxylic acids is 1. The molecule has 4 aromatic carbocycles. The zero-order valence-electron chi connectivity index (χ0n) is 41.1. The maximum absolute atomic E-state index is 13.2. The first kappa shape index (κ1) is 51.6. The van der Waals surface area contributed by atoms with Crippen molar-refractivity contribution in [1.29, 1.82) is 0 Å². The van der Waals surface area contributed by atoms with Crippen LogP contribution in [0.1, 0.15) is 77.8 Å². The molecule has 8 aromatic rings. The van der Waals surface area contributed by atoms with Crippen LogP contribution in [0.3, 0.4) is 0 Å². The molecule has 5 heterocycles. The molecule has 1 aliphatic heterocycles. The van der Waals surface area contributed by atoms with Gasteiger partial charge in [0.05, 0.1) is 9.79 Å². The van der Waals surface area contributed by atoms with E-state index in [0.29, 0.717) is 88.8 Å². The highest BCUT2D eigenvalue weighted by atomic mass is 32.2. The van der Waals surface area contributed by atoms with Gasteiger partial charge in [0.25, 0.3) is 20.2 Å². The fourth-order valence-corrected chi connectivity index (χ4v) is 12.9. The van der Waals surface area contributed by atoms with E-state index >= 15 is 0 Å². The van der Waals surface area contributed by atoms with Crippen LogP contribution in [0.4, 0.5) is 10.5 Å². The lowest BCUT2D eigenvalue weighted by molar-refractivity contribution is 0.0708. The number of aromatic amines is 4. The lowest BCUT2D eigenvalue weighted by atomic mass is 10.0. The molecule has 0 saturated carbocycles. The second-order valence-electron chi connectivity index (χ2n) is 17.6. The Hall–Kier alpha value is -7.33. The molecule has 382 valence electrons. The minimum absolute atomic E-state index is 0.240. The van der Waals surface area contributed by atoms with Crippen LogP contribution in [0, 0.1) is 6.92 Å². The summed E-state index contributed by atoms with van der Waals surface area (Å²) >= 11 is 0. The Morgan fingerprint density at radius 3 is 1.16 bits per heavy atom. The van der Waals surface area contributed by atoms with Crippen molar-refractivity contribution in [2.75, 3.05) is 31.7 Å². The Balaban J connectivity index is 1.19. The van der Waals surface area contributed by atoms with E-state index in [0.717, 1.165) is 50.0 Å². The molecule has 4 aromatic heterocycles. The van der Waals surface area contributed by atoms with Gasteiger partial charge >= 0.3 is 14.8 Å². The molecular formula is C55H56N6O10S2Si. The van der Waals surface area contributed by atoms with E-state index in [2.05, 4.69) is 42.7 Å². The standard InChI is InChI=1S/C55H56N6O10S2Si/c1-5-69-74(70-6-2,71-7-3)34-8-33-56-55(62)57-40-19-13-37(14-20-40)52-45-27-31-49(60-45)53(38-15-21-41(22-16-38)72(63,64)65)47-29-25-43(58-47)51(36-11-9-35(4)10-12-36)44-26-30-48(59-44)54(50-32-28-46(52)61-50)39-17-23-42(24-18-39)73(66,67)68/h9-32,58-61H,5-8,33-34H2,1-4H3,(H2,56,57,62)(H,63,64,65)(H,66,67,68). The van der Waals surface area contributed by atoms with Gasteiger partial charge in [0.2, 0.25) is 0 Å². The number of rotatable bonds is 17. The third kappa shape index (κ3) is 11.2. The summed E-state index contributed by atoms with van der Waals surface area (Å²) in [4.78, 5) is 27.4. The Bertz CT molecular complexity index is 3810. The van der Waals surface area contributed by atoms with Crippen LogP contribution < -0.4 is 32.0 Å². The van der Waals surface area contributed by atoms with E-state index in [1.54, 1.807) is 24.3 Å². The summed E-state index contributed by atoms with van der Waals surface area (Å²) in [5.41, 5.74) is 10.6. The van der Waals surface area contributed by atoms with Crippen LogP contribution in [-0.4, -0.2) is 87.1 Å². The first-order valence-corrected chi connectivity index (χ1v) is 28.9. The van der Waals surface area contributed by atoms with Gasteiger partial charge in [0, 0.05) is 105 Å². The molecule has 19 heteroatoms. The number of fused-ring (bicyclic) bond motifs is 8. The summed E-state index contributed by atoms with van der Waals surface area (Å²) in [6, 6.07) is 43.6. The van der Waals surface area contributed by atoms with E-state index in [4.69, 9.17) is 13.3 Å². The summed E-state index contributed by atoms with van der Waals surface area (Å²) < 4.78 is 86.4. The van der Waals surface area contributed by atoms with Crippen molar-refractivity contribution in [3.63, 3.8) is 0 Å². The number of H-pyrrole nitrogens is 4. The van der Waals surface area contributed by atoms with Crippen molar-refractivity contribution in [2.24, 2.45) is 0 Å². The normalized spacial score (nSPS) is 13.1. The van der Waals surface area contributed by atoms with Gasteiger partial charge in [0.1, 0.15) is 0 Å². The van der Waals surface area contributed by atoms with Crippen LogP contribution in [0.5, 0.6) is 0 Å².